The lowest BCUT2D eigenvalue weighted by Crippen LogP contribution is -2.40. The minimum Gasteiger partial charge on any atom is -0.406 e. The Morgan fingerprint density at radius 2 is 1.76 bits per heavy atom. The molecule has 2 aliphatic rings. The van der Waals surface area contributed by atoms with E-state index < -0.39 is 18.0 Å². The molecule has 0 saturated heterocycles. The first-order valence-corrected chi connectivity index (χ1v) is 11.7. The average Bonchev–Trinajstić information content (AvgIpc) is 2.79. The Balaban J connectivity index is 1.32. The van der Waals surface area contributed by atoms with Crippen LogP contribution >= 0.6 is 0 Å². The molecule has 4 rings (SSSR count). The molecule has 1 heterocycles. The number of hydrogen-bond donors (Lipinski definition) is 2. The fraction of sp³-hybridized carbons (Fsp3) is 0.542. The number of nitrogens with one attached hydrogen (secondary N) is 2. The zero-order chi connectivity index (χ0) is 24.3. The van der Waals surface area contributed by atoms with Gasteiger partial charge < -0.3 is 20.3 Å². The number of aryl methyl sites for hydroxylation is 1. The lowest BCUT2D eigenvalue weighted by molar-refractivity contribution is -0.274. The molecule has 1 fully saturated rings. The van der Waals surface area contributed by atoms with Gasteiger partial charge in [-0.1, -0.05) is 6.07 Å². The summed E-state index contributed by atoms with van der Waals surface area (Å²) in [6, 6.07) is 5.28. The molecule has 1 aromatic carbocycles. The second-order valence-corrected chi connectivity index (χ2v) is 9.14. The van der Waals surface area contributed by atoms with E-state index in [1.807, 2.05) is 19.0 Å². The zero-order valence-corrected chi connectivity index (χ0v) is 19.4. The van der Waals surface area contributed by atoms with Crippen LogP contribution in [0, 0.1) is 0 Å². The van der Waals surface area contributed by atoms with Crippen molar-refractivity contribution in [3.8, 4) is 5.75 Å². The van der Waals surface area contributed by atoms with Gasteiger partial charge in [0.15, 0.2) is 0 Å². The first-order valence-electron chi connectivity index (χ1n) is 11.7. The summed E-state index contributed by atoms with van der Waals surface area (Å²) in [5.41, 5.74) is 2.52. The Labute approximate surface area is 197 Å². The van der Waals surface area contributed by atoms with Gasteiger partial charge in [-0.3, -0.25) is 4.79 Å². The van der Waals surface area contributed by atoms with Crippen LogP contribution in [0.15, 0.2) is 24.3 Å². The van der Waals surface area contributed by atoms with Crippen molar-refractivity contribution in [3.63, 3.8) is 0 Å². The maximum absolute atomic E-state index is 12.6. The highest BCUT2D eigenvalue weighted by molar-refractivity contribution is 5.94. The maximum Gasteiger partial charge on any atom is 0.573 e. The number of fused-ring (bicyclic) bond motifs is 1. The third kappa shape index (κ3) is 6.09. The average molecular weight is 478 g/mol. The fourth-order valence-electron chi connectivity index (χ4n) is 4.68. The summed E-state index contributed by atoms with van der Waals surface area (Å²) in [6.07, 6.45) is 2.68. The SMILES string of the molecule is CN(C)c1nc(NC2CCC(NC(=O)c3cccc(OC(F)(F)F)c3)CC2)nc2c1CCCC2. The largest absolute Gasteiger partial charge is 0.573 e. The normalized spacial score (nSPS) is 20.3. The monoisotopic (exact) mass is 477 g/mol. The van der Waals surface area contributed by atoms with Crippen LogP contribution in [0.25, 0.3) is 0 Å². The van der Waals surface area contributed by atoms with Gasteiger partial charge >= 0.3 is 6.36 Å². The summed E-state index contributed by atoms with van der Waals surface area (Å²) >= 11 is 0. The number of rotatable bonds is 6. The summed E-state index contributed by atoms with van der Waals surface area (Å²) in [4.78, 5) is 24.1. The molecule has 10 heteroatoms. The summed E-state index contributed by atoms with van der Waals surface area (Å²) in [5.74, 6) is 0.816. The Morgan fingerprint density at radius 1 is 1.06 bits per heavy atom. The van der Waals surface area contributed by atoms with E-state index in [4.69, 9.17) is 9.97 Å². The molecule has 0 aliphatic heterocycles. The molecule has 0 bridgehead atoms. The van der Waals surface area contributed by atoms with Crippen molar-refractivity contribution in [2.75, 3.05) is 24.3 Å². The number of nitrogens with zero attached hydrogens (tertiary/aromatic N) is 3. The number of amides is 1. The number of ether oxygens (including phenoxy) is 1. The Kier molecular flexibility index (Phi) is 7.13. The summed E-state index contributed by atoms with van der Waals surface area (Å²) in [5, 5.41) is 6.41. The number of anilines is 2. The predicted octanol–water partition coefficient (Wildman–Crippen LogP) is 4.47. The number of aromatic nitrogens is 2. The number of carbonyl (C=O) groups is 1. The van der Waals surface area contributed by atoms with Crippen molar-refractivity contribution >= 4 is 17.7 Å². The van der Waals surface area contributed by atoms with Gasteiger partial charge in [0.05, 0.1) is 5.69 Å². The highest BCUT2D eigenvalue weighted by Crippen LogP contribution is 2.29. The second kappa shape index (κ2) is 10.1. The topological polar surface area (TPSA) is 79.4 Å². The molecular formula is C24H30F3N5O2. The molecule has 2 aromatic rings. The molecule has 1 amide bonds. The zero-order valence-electron chi connectivity index (χ0n) is 19.4. The number of hydrogen-bond acceptors (Lipinski definition) is 6. The molecule has 7 nitrogen and oxygen atoms in total. The van der Waals surface area contributed by atoms with Gasteiger partial charge in [0, 0.05) is 37.3 Å². The van der Waals surface area contributed by atoms with Crippen LogP contribution in [0.1, 0.15) is 60.1 Å². The standard InChI is InChI=1S/C24H30F3N5O2/c1-32(2)21-19-8-3-4-9-20(19)30-23(31-21)29-17-12-10-16(11-13-17)28-22(33)15-6-5-7-18(14-15)34-24(25,26)27/h5-7,14,16-17H,3-4,8-13H2,1-2H3,(H,28,33)(H,29,30,31). The van der Waals surface area contributed by atoms with Gasteiger partial charge in [-0.15, -0.1) is 13.2 Å². The van der Waals surface area contributed by atoms with E-state index in [1.165, 1.54) is 30.2 Å². The molecule has 0 spiro atoms. The number of alkyl halides is 3. The van der Waals surface area contributed by atoms with Gasteiger partial charge in [0.25, 0.3) is 5.91 Å². The molecule has 0 atom stereocenters. The maximum atomic E-state index is 12.6. The molecule has 34 heavy (non-hydrogen) atoms. The predicted molar refractivity (Wildman–Crippen MR) is 123 cm³/mol. The lowest BCUT2D eigenvalue weighted by Gasteiger charge is -2.30. The third-order valence-corrected chi connectivity index (χ3v) is 6.31. The van der Waals surface area contributed by atoms with E-state index in [9.17, 15) is 18.0 Å². The molecular weight excluding hydrogens is 447 g/mol. The summed E-state index contributed by atoms with van der Waals surface area (Å²) < 4.78 is 41.2. The quantitative estimate of drug-likeness (QED) is 0.639. The Hall–Kier alpha value is -3.04. The van der Waals surface area contributed by atoms with E-state index in [0.29, 0.717) is 5.95 Å². The van der Waals surface area contributed by atoms with Crippen LogP contribution < -0.4 is 20.3 Å². The van der Waals surface area contributed by atoms with Crippen LogP contribution in [0.2, 0.25) is 0 Å². The molecule has 1 aromatic heterocycles. The molecule has 2 aliphatic carbocycles. The number of benzene rings is 1. The van der Waals surface area contributed by atoms with Crippen LogP contribution in [-0.2, 0) is 12.8 Å². The van der Waals surface area contributed by atoms with Crippen LogP contribution in [0.3, 0.4) is 0 Å². The Bertz CT molecular complexity index is 1020. The Morgan fingerprint density at radius 3 is 2.47 bits per heavy atom. The number of halogens is 3. The van der Waals surface area contributed by atoms with Gasteiger partial charge in [-0.2, -0.15) is 4.98 Å². The van der Waals surface area contributed by atoms with Gasteiger partial charge in [0.2, 0.25) is 5.95 Å². The lowest BCUT2D eigenvalue weighted by atomic mass is 9.91. The van der Waals surface area contributed by atoms with Gasteiger partial charge in [0.1, 0.15) is 11.6 Å². The molecule has 0 radical (unpaired) electrons. The van der Waals surface area contributed by atoms with E-state index in [-0.39, 0.29) is 17.6 Å². The van der Waals surface area contributed by atoms with Crippen LogP contribution in [-0.4, -0.2) is 48.4 Å². The van der Waals surface area contributed by atoms with Crippen molar-refractivity contribution in [2.24, 2.45) is 0 Å². The first-order chi connectivity index (χ1) is 16.2. The molecule has 1 saturated carbocycles. The van der Waals surface area contributed by atoms with Crippen LogP contribution in [0.5, 0.6) is 5.75 Å². The molecule has 184 valence electrons. The third-order valence-electron chi connectivity index (χ3n) is 6.31. The van der Waals surface area contributed by atoms with Crippen LogP contribution in [0.4, 0.5) is 24.9 Å². The minimum absolute atomic E-state index is 0.0421. The highest BCUT2D eigenvalue weighted by Gasteiger charge is 2.31. The van der Waals surface area contributed by atoms with Gasteiger partial charge in [-0.05, 0) is 69.6 Å². The van der Waals surface area contributed by atoms with E-state index >= 15 is 0 Å². The molecule has 0 unspecified atom stereocenters. The molecule has 2 N–H and O–H groups in total. The highest BCUT2D eigenvalue weighted by atomic mass is 19.4. The fourth-order valence-corrected chi connectivity index (χ4v) is 4.68. The van der Waals surface area contributed by atoms with Crippen molar-refractivity contribution < 1.29 is 22.7 Å². The minimum atomic E-state index is -4.80. The van der Waals surface area contributed by atoms with Crippen molar-refractivity contribution in [1.82, 2.24) is 15.3 Å². The van der Waals surface area contributed by atoms with E-state index in [2.05, 4.69) is 15.4 Å². The van der Waals surface area contributed by atoms with Crippen molar-refractivity contribution in [1.29, 1.82) is 0 Å². The van der Waals surface area contributed by atoms with Gasteiger partial charge in [-0.25, -0.2) is 4.98 Å². The second-order valence-electron chi connectivity index (χ2n) is 9.14. The van der Waals surface area contributed by atoms with Crippen molar-refractivity contribution in [3.05, 3.63) is 41.1 Å². The first kappa shape index (κ1) is 24.1. The number of carbonyl (C=O) groups excluding carboxylic acids is 1. The summed E-state index contributed by atoms with van der Waals surface area (Å²) in [7, 11) is 4.00. The van der Waals surface area contributed by atoms with E-state index in [1.54, 1.807) is 0 Å². The van der Waals surface area contributed by atoms with E-state index in [0.717, 1.165) is 62.5 Å². The van der Waals surface area contributed by atoms with Crippen molar-refractivity contribution in [2.45, 2.75) is 69.8 Å². The smallest absolute Gasteiger partial charge is 0.406 e. The summed E-state index contributed by atoms with van der Waals surface area (Å²) in [6.45, 7) is 0.